The van der Waals surface area contributed by atoms with Crippen molar-refractivity contribution < 1.29 is 19.5 Å². The molecule has 5 aliphatic rings. The van der Waals surface area contributed by atoms with E-state index in [1.54, 1.807) is 47.0 Å². The summed E-state index contributed by atoms with van der Waals surface area (Å²) in [5, 5.41) is 11.8. The van der Waals surface area contributed by atoms with E-state index in [-0.39, 0.29) is 35.1 Å². The van der Waals surface area contributed by atoms with E-state index in [2.05, 4.69) is 14.9 Å². The number of halogens is 1. The van der Waals surface area contributed by atoms with Crippen LogP contribution in [0.3, 0.4) is 0 Å². The number of imide groups is 1. The number of fused-ring (bicyclic) bond motifs is 13. The third kappa shape index (κ3) is 4.40. The van der Waals surface area contributed by atoms with Gasteiger partial charge in [0, 0.05) is 28.1 Å². The molecule has 0 saturated carbocycles. The van der Waals surface area contributed by atoms with Crippen LogP contribution in [0, 0.1) is 11.8 Å². The topological polar surface area (TPSA) is 141 Å². The van der Waals surface area contributed by atoms with Gasteiger partial charge in [-0.1, -0.05) is 84.4 Å². The number of nitrogens with one attached hydrogen (secondary N) is 1. The molecule has 0 radical (unpaired) electrons. The summed E-state index contributed by atoms with van der Waals surface area (Å²) in [6.45, 7) is 0.724. The van der Waals surface area contributed by atoms with Crippen LogP contribution < -0.4 is 10.5 Å². The molecule has 11 nitrogen and oxygen atoms in total. The van der Waals surface area contributed by atoms with Crippen molar-refractivity contribution in [2.75, 3.05) is 11.4 Å². The van der Waals surface area contributed by atoms with Crippen LogP contribution >= 0.6 is 11.6 Å². The number of carbonyl (C=O) groups is 3. The lowest BCUT2D eigenvalue weighted by Gasteiger charge is -2.38. The Kier molecular flexibility index (Phi) is 7.17. The molecule has 278 valence electrons. The summed E-state index contributed by atoms with van der Waals surface area (Å²) in [5.41, 5.74) is 4.17. The number of hydrogen-bond donors (Lipinski definition) is 2. The zero-order valence-corrected chi connectivity index (χ0v) is 30.9. The highest BCUT2D eigenvalue weighted by atomic mass is 35.5. The number of aromatic nitrogens is 3. The molecular formula is C45H31ClN6O5. The van der Waals surface area contributed by atoms with Gasteiger partial charge in [-0.05, 0) is 67.9 Å². The Morgan fingerprint density at radius 2 is 1.47 bits per heavy atom. The van der Waals surface area contributed by atoms with Crippen molar-refractivity contribution in [1.82, 2.24) is 19.4 Å². The van der Waals surface area contributed by atoms with E-state index in [1.807, 2.05) is 78.9 Å². The van der Waals surface area contributed by atoms with Crippen LogP contribution in [0.5, 0.6) is 5.88 Å². The molecule has 4 atom stereocenters. The molecule has 1 spiro atoms. The molecule has 7 heterocycles. The van der Waals surface area contributed by atoms with E-state index in [4.69, 9.17) is 16.6 Å². The average Bonchev–Trinajstić information content (AvgIpc) is 4.06. The quantitative estimate of drug-likeness (QED) is 0.179. The molecule has 5 aromatic carbocycles. The van der Waals surface area contributed by atoms with E-state index in [9.17, 15) is 24.3 Å². The molecule has 0 bridgehead atoms. The van der Waals surface area contributed by atoms with E-state index in [1.165, 1.54) is 4.90 Å². The molecule has 2 aromatic heterocycles. The number of hydrogen-bond acceptors (Lipinski definition) is 8. The number of aliphatic imine (C=N–C) groups is 1. The first-order valence-electron chi connectivity index (χ1n) is 18.8. The van der Waals surface area contributed by atoms with Crippen molar-refractivity contribution in [3.8, 4) is 11.6 Å². The first-order valence-corrected chi connectivity index (χ1v) is 19.2. The van der Waals surface area contributed by atoms with Crippen molar-refractivity contribution in [2.24, 2.45) is 16.8 Å². The zero-order chi connectivity index (χ0) is 38.7. The Morgan fingerprint density at radius 1 is 0.772 bits per heavy atom. The molecular weight excluding hydrogens is 740 g/mol. The van der Waals surface area contributed by atoms with Gasteiger partial charge < -0.3 is 10.1 Å². The van der Waals surface area contributed by atoms with Crippen molar-refractivity contribution in [3.63, 3.8) is 0 Å². The van der Waals surface area contributed by atoms with Crippen LogP contribution in [0.4, 0.5) is 11.4 Å². The number of para-hydroxylation sites is 5. The van der Waals surface area contributed by atoms with Crippen LogP contribution in [-0.2, 0) is 15.1 Å². The van der Waals surface area contributed by atoms with Crippen LogP contribution in [-0.4, -0.2) is 60.4 Å². The van der Waals surface area contributed by atoms with Gasteiger partial charge in [-0.3, -0.25) is 28.6 Å². The number of nitrogens with zero attached hydrogens (tertiary/aromatic N) is 5. The lowest BCUT2D eigenvalue weighted by Crippen LogP contribution is -2.51. The van der Waals surface area contributed by atoms with Gasteiger partial charge in [0.05, 0.1) is 50.4 Å². The number of H-pyrrole nitrogens is 1. The lowest BCUT2D eigenvalue weighted by molar-refractivity contribution is -0.124. The maximum atomic E-state index is 14.4. The lowest BCUT2D eigenvalue weighted by atomic mass is 9.75. The monoisotopic (exact) mass is 770 g/mol. The van der Waals surface area contributed by atoms with E-state index >= 15 is 0 Å². The van der Waals surface area contributed by atoms with Gasteiger partial charge in [-0.2, -0.15) is 0 Å². The summed E-state index contributed by atoms with van der Waals surface area (Å²) in [5.74, 6) is -1.43. The molecule has 7 aromatic rings. The number of rotatable bonds is 2. The van der Waals surface area contributed by atoms with Gasteiger partial charge in [0.1, 0.15) is 17.1 Å². The highest BCUT2D eigenvalue weighted by Gasteiger charge is 2.74. The second-order valence-electron chi connectivity index (χ2n) is 14.9. The third-order valence-corrected chi connectivity index (χ3v) is 12.6. The predicted molar refractivity (Wildman–Crippen MR) is 216 cm³/mol. The normalized spacial score (nSPS) is 22.8. The summed E-state index contributed by atoms with van der Waals surface area (Å²) < 4.78 is 1.67. The second-order valence-corrected chi connectivity index (χ2v) is 15.4. The number of amides is 2. The van der Waals surface area contributed by atoms with Gasteiger partial charge in [-0.25, -0.2) is 14.9 Å². The fourth-order valence-electron chi connectivity index (χ4n) is 10.1. The van der Waals surface area contributed by atoms with Crippen molar-refractivity contribution >= 4 is 68.1 Å². The summed E-state index contributed by atoms with van der Waals surface area (Å²) in [6, 6.07) is 36.5. The Bertz CT molecular complexity index is 3030. The van der Waals surface area contributed by atoms with Gasteiger partial charge in [0.25, 0.3) is 5.56 Å². The predicted octanol–water partition coefficient (Wildman–Crippen LogP) is 7.07. The van der Waals surface area contributed by atoms with Crippen molar-refractivity contribution in [2.45, 2.75) is 24.4 Å². The number of carbonyl (C=O) groups excluding carboxylic acids is 3. The van der Waals surface area contributed by atoms with Gasteiger partial charge in [-0.15, -0.1) is 0 Å². The number of Topliss-reactive ketones (excluding diaryl/α,β-unsaturated/α-hetero) is 1. The van der Waals surface area contributed by atoms with E-state index < -0.39 is 17.4 Å². The molecule has 12 heteroatoms. The Balaban J connectivity index is 0.000000158. The number of anilines is 1. The molecule has 57 heavy (non-hydrogen) atoms. The SMILES string of the molecule is O=C1C(c2c(O)[nH]c3ccccc23)=Nc2ccccc21.O=C1[C@H]2C3CCCN3C3(c4ccccc4-n4c3nc3ccccc3c4=O)[C@H]2C(=O)N1c1ccccc1Cl. The highest BCUT2D eigenvalue weighted by Crippen LogP contribution is 2.62. The number of ketones is 1. The number of aromatic amines is 1. The van der Waals surface area contributed by atoms with Gasteiger partial charge in [0.15, 0.2) is 5.88 Å². The summed E-state index contributed by atoms with van der Waals surface area (Å²) in [4.78, 5) is 70.7. The van der Waals surface area contributed by atoms with Crippen molar-refractivity contribution in [3.05, 3.63) is 159 Å². The van der Waals surface area contributed by atoms with Gasteiger partial charge in [0.2, 0.25) is 17.6 Å². The summed E-state index contributed by atoms with van der Waals surface area (Å²) in [6.07, 6.45) is 1.71. The maximum absolute atomic E-state index is 14.4. The van der Waals surface area contributed by atoms with Crippen LogP contribution in [0.1, 0.15) is 40.2 Å². The smallest absolute Gasteiger partial charge is 0.266 e. The fourth-order valence-corrected chi connectivity index (χ4v) is 10.3. The Morgan fingerprint density at radius 3 is 2.30 bits per heavy atom. The highest BCUT2D eigenvalue weighted by molar-refractivity contribution is 6.56. The van der Waals surface area contributed by atoms with E-state index in [0.717, 1.165) is 41.5 Å². The molecule has 0 aliphatic carbocycles. The standard InChI is InChI=1S/C29H21ClN4O3.C16H10N2O2/c30-18-10-3-6-13-21(18)33-26(36)23-22-14-7-15-32(22)29(24(23)27(33)37)17-9-2-5-12-20(17)34-25(35)16-8-1-4-11-19(16)31-28(29)34;19-15-10-6-2-4-8-12(10)17-14(15)13-9-5-1-3-7-11(9)18-16(13)20/h1-6,8-13,22-24H,7,14-15H2;1-8,18,20H/t22?,23-,24+,29?;/m0./s1. The van der Waals surface area contributed by atoms with Crippen molar-refractivity contribution in [1.29, 1.82) is 0 Å². The Labute approximate surface area is 329 Å². The summed E-state index contributed by atoms with van der Waals surface area (Å²) >= 11 is 6.49. The molecule has 2 N–H and O–H groups in total. The van der Waals surface area contributed by atoms with Gasteiger partial charge >= 0.3 is 0 Å². The maximum Gasteiger partial charge on any atom is 0.266 e. The largest absolute Gasteiger partial charge is 0.494 e. The zero-order valence-electron chi connectivity index (χ0n) is 30.1. The minimum atomic E-state index is -1.02. The molecule has 3 saturated heterocycles. The van der Waals surface area contributed by atoms with Crippen LogP contribution in [0.25, 0.3) is 27.5 Å². The van der Waals surface area contributed by atoms with E-state index in [0.29, 0.717) is 50.0 Å². The fraction of sp³-hybridized carbons (Fsp3) is 0.156. The average molecular weight is 771 g/mol. The number of aromatic hydroxyl groups is 1. The third-order valence-electron chi connectivity index (χ3n) is 12.3. The molecule has 5 aliphatic heterocycles. The number of benzene rings is 5. The summed E-state index contributed by atoms with van der Waals surface area (Å²) in [7, 11) is 0. The Hall–Kier alpha value is -6.69. The second kappa shape index (κ2) is 12.2. The molecule has 3 fully saturated rings. The first kappa shape index (κ1) is 33.6. The van der Waals surface area contributed by atoms with Crippen LogP contribution in [0.2, 0.25) is 5.02 Å². The molecule has 2 unspecified atom stereocenters. The minimum absolute atomic E-state index is 0.0221. The minimum Gasteiger partial charge on any atom is -0.494 e. The molecule has 12 rings (SSSR count). The molecule has 2 amide bonds. The first-order chi connectivity index (χ1) is 27.8. The van der Waals surface area contributed by atoms with Crippen LogP contribution in [0.15, 0.2) is 131 Å².